The molecule has 0 aliphatic heterocycles. The van der Waals surface area contributed by atoms with Crippen molar-refractivity contribution >= 4 is 17.3 Å². The molecule has 0 radical (unpaired) electrons. The predicted molar refractivity (Wildman–Crippen MR) is 124 cm³/mol. The minimum Gasteiger partial charge on any atom is -0.497 e. The molecule has 0 bridgehead atoms. The zero-order valence-electron chi connectivity index (χ0n) is 19.4. The lowest BCUT2D eigenvalue weighted by atomic mass is 10.2. The van der Waals surface area contributed by atoms with Crippen molar-refractivity contribution < 1.29 is 41.2 Å². The molecule has 14 heteroatoms. The van der Waals surface area contributed by atoms with Crippen molar-refractivity contribution in [1.82, 2.24) is 9.78 Å². The van der Waals surface area contributed by atoms with E-state index >= 15 is 0 Å². The Morgan fingerprint density at radius 3 is 2.37 bits per heavy atom. The molecular formula is C24H18F4N4O6. The Morgan fingerprint density at radius 1 is 1.03 bits per heavy atom. The average molecular weight is 534 g/mol. The summed E-state index contributed by atoms with van der Waals surface area (Å²) in [5.41, 5.74) is -1.90. The van der Waals surface area contributed by atoms with Gasteiger partial charge in [0.2, 0.25) is 0 Å². The Labute approximate surface area is 211 Å². The third kappa shape index (κ3) is 6.08. The number of aromatic nitrogens is 2. The van der Waals surface area contributed by atoms with E-state index in [-0.39, 0.29) is 28.6 Å². The highest BCUT2D eigenvalue weighted by Crippen LogP contribution is 2.31. The number of rotatable bonds is 10. The van der Waals surface area contributed by atoms with Gasteiger partial charge >= 0.3 is 0 Å². The number of hydrogen-bond donors (Lipinski definition) is 1. The van der Waals surface area contributed by atoms with Crippen LogP contribution in [0.5, 0.6) is 17.2 Å². The van der Waals surface area contributed by atoms with Crippen LogP contribution in [0.3, 0.4) is 0 Å². The number of nitro benzene ring substituents is 1. The Morgan fingerprint density at radius 2 is 1.74 bits per heavy atom. The van der Waals surface area contributed by atoms with E-state index < -0.39 is 41.6 Å². The van der Waals surface area contributed by atoms with Crippen molar-refractivity contribution in [2.45, 2.75) is 19.4 Å². The van der Waals surface area contributed by atoms with Crippen LogP contribution in [-0.4, -0.2) is 27.7 Å². The smallest absolute Gasteiger partial charge is 0.291 e. The topological polar surface area (TPSA) is 122 Å². The van der Waals surface area contributed by atoms with Gasteiger partial charge in [-0.15, -0.1) is 0 Å². The van der Waals surface area contributed by atoms with E-state index in [1.807, 2.05) is 0 Å². The molecule has 0 unspecified atom stereocenters. The van der Waals surface area contributed by atoms with E-state index in [0.29, 0.717) is 22.2 Å². The van der Waals surface area contributed by atoms with Crippen LogP contribution in [0, 0.1) is 10.1 Å². The molecule has 2 heterocycles. The Kier molecular flexibility index (Phi) is 7.60. The SMILES string of the molecule is COc1ccc(Oc2cc(NC(=O)c3ccc(Cn4nc(C(F)F)cc4C(F)F)o3)cc([N+](=O)[O-])c2)cc1. The minimum absolute atomic E-state index is 0.0106. The van der Waals surface area contributed by atoms with E-state index in [9.17, 15) is 32.5 Å². The summed E-state index contributed by atoms with van der Waals surface area (Å²) in [5.74, 6) is -0.0824. The van der Waals surface area contributed by atoms with Gasteiger partial charge < -0.3 is 19.2 Å². The number of hydrogen-bond acceptors (Lipinski definition) is 7. The summed E-state index contributed by atoms with van der Waals surface area (Å²) in [6.07, 6.45) is -6.10. The molecule has 0 spiro atoms. The lowest BCUT2D eigenvalue weighted by Gasteiger charge is -2.09. The largest absolute Gasteiger partial charge is 0.497 e. The number of nitrogens with zero attached hydrogens (tertiary/aromatic N) is 3. The molecule has 0 saturated heterocycles. The van der Waals surface area contributed by atoms with E-state index in [0.717, 1.165) is 6.07 Å². The van der Waals surface area contributed by atoms with Crippen LogP contribution in [0.25, 0.3) is 0 Å². The third-order valence-electron chi connectivity index (χ3n) is 5.12. The van der Waals surface area contributed by atoms with Gasteiger partial charge in [0.25, 0.3) is 24.4 Å². The Bertz CT molecular complexity index is 1450. The summed E-state index contributed by atoms with van der Waals surface area (Å²) in [7, 11) is 1.49. The fourth-order valence-corrected chi connectivity index (χ4v) is 3.39. The van der Waals surface area contributed by atoms with Gasteiger partial charge in [0.15, 0.2) is 5.76 Å². The van der Waals surface area contributed by atoms with Crippen LogP contribution in [0.4, 0.5) is 28.9 Å². The number of carbonyl (C=O) groups is 1. The quantitative estimate of drug-likeness (QED) is 0.143. The second-order valence-electron chi connectivity index (χ2n) is 7.72. The second kappa shape index (κ2) is 11.0. The Balaban J connectivity index is 1.51. The fraction of sp³-hybridized carbons (Fsp3) is 0.167. The minimum atomic E-state index is -3.06. The third-order valence-corrected chi connectivity index (χ3v) is 5.12. The fourth-order valence-electron chi connectivity index (χ4n) is 3.39. The predicted octanol–water partition coefficient (Wildman–Crippen LogP) is 6.36. The van der Waals surface area contributed by atoms with Gasteiger partial charge in [-0.3, -0.25) is 19.6 Å². The van der Waals surface area contributed by atoms with Crippen molar-refractivity contribution in [2.75, 3.05) is 12.4 Å². The molecule has 2 aromatic heterocycles. The average Bonchev–Trinajstić information content (AvgIpc) is 3.52. The number of nitrogens with one attached hydrogen (secondary N) is 1. The molecule has 0 saturated carbocycles. The zero-order valence-corrected chi connectivity index (χ0v) is 19.4. The molecule has 0 atom stereocenters. The van der Waals surface area contributed by atoms with Gasteiger partial charge in [-0.1, -0.05) is 0 Å². The molecule has 198 valence electrons. The number of ether oxygens (including phenoxy) is 2. The van der Waals surface area contributed by atoms with Gasteiger partial charge in [-0.2, -0.15) is 5.10 Å². The molecule has 2 aromatic carbocycles. The molecule has 38 heavy (non-hydrogen) atoms. The summed E-state index contributed by atoms with van der Waals surface area (Å²) < 4.78 is 69.0. The first-order chi connectivity index (χ1) is 18.1. The van der Waals surface area contributed by atoms with Gasteiger partial charge in [0.05, 0.1) is 30.3 Å². The molecule has 0 aliphatic rings. The van der Waals surface area contributed by atoms with E-state index in [4.69, 9.17) is 13.9 Å². The number of non-ortho nitro benzene ring substituents is 1. The van der Waals surface area contributed by atoms with E-state index in [2.05, 4.69) is 10.4 Å². The van der Waals surface area contributed by atoms with Crippen molar-refractivity contribution in [3.63, 3.8) is 0 Å². The summed E-state index contributed by atoms with van der Waals surface area (Å²) in [5, 5.41) is 17.3. The van der Waals surface area contributed by atoms with Crippen LogP contribution in [0.15, 0.2) is 65.1 Å². The number of halogens is 4. The maximum Gasteiger partial charge on any atom is 0.291 e. The molecule has 4 rings (SSSR count). The number of anilines is 1. The second-order valence-corrected chi connectivity index (χ2v) is 7.72. The van der Waals surface area contributed by atoms with Crippen LogP contribution in [0.1, 0.15) is 40.6 Å². The number of amides is 1. The number of carbonyl (C=O) groups excluding carboxylic acids is 1. The van der Waals surface area contributed by atoms with Gasteiger partial charge in [-0.05, 0) is 42.5 Å². The summed E-state index contributed by atoms with van der Waals surface area (Å²) in [4.78, 5) is 23.4. The van der Waals surface area contributed by atoms with Crippen LogP contribution in [0.2, 0.25) is 0 Å². The highest BCUT2D eigenvalue weighted by atomic mass is 19.3. The first kappa shape index (κ1) is 26.2. The van der Waals surface area contributed by atoms with Crippen LogP contribution < -0.4 is 14.8 Å². The van der Waals surface area contributed by atoms with Crippen molar-refractivity contribution in [3.05, 3.63) is 93.7 Å². The molecule has 1 amide bonds. The summed E-state index contributed by atoms with van der Waals surface area (Å²) in [6.45, 7) is -0.434. The molecular weight excluding hydrogens is 516 g/mol. The Hall–Kier alpha value is -4.88. The number of nitro groups is 1. The molecule has 4 aromatic rings. The van der Waals surface area contributed by atoms with Gasteiger partial charge in [0, 0.05) is 12.1 Å². The lowest BCUT2D eigenvalue weighted by Crippen LogP contribution is -2.11. The van der Waals surface area contributed by atoms with E-state index in [1.165, 1.54) is 31.4 Å². The maximum absolute atomic E-state index is 13.2. The van der Waals surface area contributed by atoms with Crippen molar-refractivity contribution in [1.29, 1.82) is 0 Å². The van der Waals surface area contributed by atoms with Gasteiger partial charge in [-0.25, -0.2) is 17.6 Å². The monoisotopic (exact) mass is 534 g/mol. The number of furan rings is 1. The first-order valence-corrected chi connectivity index (χ1v) is 10.8. The number of benzene rings is 2. The first-order valence-electron chi connectivity index (χ1n) is 10.8. The van der Waals surface area contributed by atoms with E-state index in [1.54, 1.807) is 24.3 Å². The molecule has 0 aliphatic carbocycles. The molecule has 0 fully saturated rings. The van der Waals surface area contributed by atoms with Crippen LogP contribution >= 0.6 is 0 Å². The van der Waals surface area contributed by atoms with Crippen LogP contribution in [-0.2, 0) is 6.54 Å². The molecule has 1 N–H and O–H groups in total. The molecule has 10 nitrogen and oxygen atoms in total. The zero-order chi connectivity index (χ0) is 27.4. The summed E-state index contributed by atoms with van der Waals surface area (Å²) in [6, 6.07) is 13.2. The highest BCUT2D eigenvalue weighted by molar-refractivity contribution is 6.02. The highest BCUT2D eigenvalue weighted by Gasteiger charge is 2.22. The lowest BCUT2D eigenvalue weighted by molar-refractivity contribution is -0.384. The number of alkyl halides is 4. The normalized spacial score (nSPS) is 11.1. The van der Waals surface area contributed by atoms with Crippen molar-refractivity contribution in [3.8, 4) is 17.2 Å². The maximum atomic E-state index is 13.2. The van der Waals surface area contributed by atoms with Gasteiger partial charge in [0.1, 0.15) is 34.4 Å². The number of methoxy groups -OCH3 is 1. The van der Waals surface area contributed by atoms with Crippen molar-refractivity contribution in [2.24, 2.45) is 0 Å². The summed E-state index contributed by atoms with van der Waals surface area (Å²) >= 11 is 0. The standard InChI is InChI=1S/C24H18F4N4O6/c1-36-15-2-4-16(5-3-15)37-18-9-13(8-14(10-18)32(34)35)29-24(33)21-7-6-17(38-21)12-31-20(23(27)28)11-19(30-31)22(25)26/h2-11,22-23H,12H2,1H3,(H,29,33).